The summed E-state index contributed by atoms with van der Waals surface area (Å²) in [6.07, 6.45) is 8.69. The van der Waals surface area contributed by atoms with E-state index in [1.54, 1.807) is 19.3 Å². The van der Waals surface area contributed by atoms with E-state index >= 15 is 0 Å². The number of ether oxygens (including phenoxy) is 4. The number of nitrogens with one attached hydrogen (secondary N) is 1. The van der Waals surface area contributed by atoms with E-state index in [4.69, 9.17) is 18.9 Å². The van der Waals surface area contributed by atoms with Crippen LogP contribution in [0.3, 0.4) is 0 Å². The van der Waals surface area contributed by atoms with Crippen molar-refractivity contribution in [2.75, 3.05) is 33.3 Å². The van der Waals surface area contributed by atoms with Crippen LogP contribution in [0.15, 0.2) is 24.3 Å². The van der Waals surface area contributed by atoms with Crippen LogP contribution in [0.2, 0.25) is 0 Å². The fourth-order valence-electron chi connectivity index (χ4n) is 4.18. The molecule has 0 spiro atoms. The van der Waals surface area contributed by atoms with E-state index in [0.717, 1.165) is 23.3 Å². The highest BCUT2D eigenvalue weighted by atomic mass is 32.1. The van der Waals surface area contributed by atoms with Gasteiger partial charge in [-0.3, -0.25) is 9.59 Å². The molecule has 1 aromatic heterocycles. The molecule has 194 valence electrons. The predicted molar refractivity (Wildman–Crippen MR) is 139 cm³/mol. The summed E-state index contributed by atoms with van der Waals surface area (Å²) in [6, 6.07) is 5.46. The smallest absolute Gasteiger partial charge is 0.341 e. The minimum Gasteiger partial charge on any atom is -0.493 e. The molecule has 0 saturated carbocycles. The van der Waals surface area contributed by atoms with Gasteiger partial charge in [0.1, 0.15) is 5.00 Å². The normalized spacial score (nSPS) is 14.4. The van der Waals surface area contributed by atoms with Gasteiger partial charge in [-0.1, -0.05) is 32.3 Å². The number of amides is 1. The van der Waals surface area contributed by atoms with Crippen molar-refractivity contribution in [2.24, 2.45) is 0 Å². The Bertz CT molecular complexity index is 1120. The van der Waals surface area contributed by atoms with Gasteiger partial charge in [0.25, 0.3) is 0 Å². The van der Waals surface area contributed by atoms with Crippen molar-refractivity contribution in [3.63, 3.8) is 0 Å². The standard InChI is InChI=1S/C27H33NO7S/c1-5-6-7-8-15-35-19-12-9-17(16-20(19)32-2)10-14-22(29)28-25-24(27(31)34-4)23-18(26(30)33-3)11-13-21(23)36-25/h9-10,12,14,16,18H,5-8,11,13,15H2,1-4H3,(H,28,29)/b14-10+/t18-/m0/s1. The molecule has 1 amide bonds. The molecule has 3 rings (SSSR count). The molecule has 8 nitrogen and oxygen atoms in total. The third kappa shape index (κ3) is 6.46. The topological polar surface area (TPSA) is 100 Å². The summed E-state index contributed by atoms with van der Waals surface area (Å²) < 4.78 is 21.1. The number of rotatable bonds is 12. The van der Waals surface area contributed by atoms with Crippen molar-refractivity contribution in [1.82, 2.24) is 0 Å². The molecule has 1 aromatic carbocycles. The molecule has 36 heavy (non-hydrogen) atoms. The second-order valence-corrected chi connectivity index (χ2v) is 9.50. The first-order chi connectivity index (χ1) is 17.4. The van der Waals surface area contributed by atoms with E-state index in [2.05, 4.69) is 12.2 Å². The third-order valence-corrected chi connectivity index (χ3v) is 7.19. The molecule has 0 fully saturated rings. The van der Waals surface area contributed by atoms with Crippen LogP contribution in [0.4, 0.5) is 5.00 Å². The van der Waals surface area contributed by atoms with Crippen molar-refractivity contribution in [3.8, 4) is 11.5 Å². The Labute approximate surface area is 215 Å². The summed E-state index contributed by atoms with van der Waals surface area (Å²) in [5.41, 5.74) is 1.57. The van der Waals surface area contributed by atoms with Crippen molar-refractivity contribution in [3.05, 3.63) is 45.8 Å². The molecule has 9 heteroatoms. The number of unbranched alkanes of at least 4 members (excludes halogenated alkanes) is 3. The third-order valence-electron chi connectivity index (χ3n) is 6.01. The number of thiophene rings is 1. The minimum atomic E-state index is -0.599. The van der Waals surface area contributed by atoms with Gasteiger partial charge in [0.15, 0.2) is 11.5 Å². The van der Waals surface area contributed by atoms with Crippen LogP contribution >= 0.6 is 11.3 Å². The Morgan fingerprint density at radius 2 is 1.89 bits per heavy atom. The first-order valence-electron chi connectivity index (χ1n) is 12.0. The van der Waals surface area contributed by atoms with Crippen LogP contribution in [0.1, 0.15) is 71.3 Å². The van der Waals surface area contributed by atoms with Gasteiger partial charge in [-0.25, -0.2) is 4.79 Å². The van der Waals surface area contributed by atoms with E-state index in [9.17, 15) is 14.4 Å². The molecule has 2 aromatic rings. The Hall–Kier alpha value is -3.33. The highest BCUT2D eigenvalue weighted by Crippen LogP contribution is 2.45. The Morgan fingerprint density at radius 3 is 2.58 bits per heavy atom. The van der Waals surface area contributed by atoms with Crippen LogP contribution < -0.4 is 14.8 Å². The summed E-state index contributed by atoms with van der Waals surface area (Å²) in [5, 5.41) is 3.13. The number of carbonyl (C=O) groups excluding carboxylic acids is 3. The molecule has 0 radical (unpaired) electrons. The van der Waals surface area contributed by atoms with Crippen LogP contribution in [0.25, 0.3) is 6.08 Å². The molecule has 0 bridgehead atoms. The maximum atomic E-state index is 12.7. The van der Waals surface area contributed by atoms with Gasteiger partial charge in [0, 0.05) is 11.0 Å². The largest absolute Gasteiger partial charge is 0.493 e. The Kier molecular flexibility index (Phi) is 9.93. The van der Waals surface area contributed by atoms with Crippen LogP contribution in [-0.2, 0) is 25.5 Å². The summed E-state index contributed by atoms with van der Waals surface area (Å²) in [6.45, 7) is 2.79. The lowest BCUT2D eigenvalue weighted by Crippen LogP contribution is -2.16. The van der Waals surface area contributed by atoms with E-state index in [1.165, 1.54) is 44.5 Å². The maximum absolute atomic E-state index is 12.7. The van der Waals surface area contributed by atoms with Crippen molar-refractivity contribution in [1.29, 1.82) is 0 Å². The summed E-state index contributed by atoms with van der Waals surface area (Å²) in [5.74, 6) is -0.716. The number of anilines is 1. The fraction of sp³-hybridized carbons (Fsp3) is 0.444. The molecule has 0 saturated heterocycles. The van der Waals surface area contributed by atoms with Crippen LogP contribution in [0.5, 0.6) is 11.5 Å². The first-order valence-corrected chi connectivity index (χ1v) is 12.9. The zero-order valence-electron chi connectivity index (χ0n) is 21.2. The number of aryl methyl sites for hydroxylation is 1. The molecule has 1 aliphatic carbocycles. The van der Waals surface area contributed by atoms with Gasteiger partial charge < -0.3 is 24.3 Å². The molecular weight excluding hydrogens is 482 g/mol. The predicted octanol–water partition coefficient (Wildman–Crippen LogP) is 5.36. The SMILES string of the molecule is CCCCCCOc1ccc(/C=C/C(=O)Nc2sc3c(c2C(=O)OC)[C@@H](C(=O)OC)CC3)cc1OC. The summed E-state index contributed by atoms with van der Waals surface area (Å²) >= 11 is 1.28. The molecule has 0 unspecified atom stereocenters. The average Bonchev–Trinajstić information content (AvgIpc) is 3.45. The van der Waals surface area contributed by atoms with Gasteiger partial charge in [0.05, 0.1) is 39.4 Å². The molecule has 1 heterocycles. The highest BCUT2D eigenvalue weighted by molar-refractivity contribution is 7.17. The second-order valence-electron chi connectivity index (χ2n) is 8.39. The van der Waals surface area contributed by atoms with Gasteiger partial charge in [0.2, 0.25) is 5.91 Å². The number of benzene rings is 1. The van der Waals surface area contributed by atoms with Crippen molar-refractivity contribution < 1.29 is 33.3 Å². The Morgan fingerprint density at radius 1 is 1.08 bits per heavy atom. The van der Waals surface area contributed by atoms with Crippen molar-refractivity contribution in [2.45, 2.75) is 51.4 Å². The first kappa shape index (κ1) is 27.3. The number of hydrogen-bond acceptors (Lipinski definition) is 8. The maximum Gasteiger partial charge on any atom is 0.341 e. The Balaban J connectivity index is 1.71. The van der Waals surface area contributed by atoms with Crippen LogP contribution in [0, 0.1) is 0 Å². The van der Waals surface area contributed by atoms with Gasteiger partial charge in [-0.2, -0.15) is 0 Å². The lowest BCUT2D eigenvalue weighted by Gasteiger charge is -2.11. The molecule has 1 atom stereocenters. The van der Waals surface area contributed by atoms with E-state index in [-0.39, 0.29) is 5.56 Å². The fourth-order valence-corrected chi connectivity index (χ4v) is 5.45. The summed E-state index contributed by atoms with van der Waals surface area (Å²) in [7, 11) is 4.16. The van der Waals surface area contributed by atoms with E-state index in [0.29, 0.717) is 41.5 Å². The van der Waals surface area contributed by atoms with Gasteiger partial charge in [-0.05, 0) is 48.6 Å². The van der Waals surface area contributed by atoms with Gasteiger partial charge >= 0.3 is 11.9 Å². The van der Waals surface area contributed by atoms with Crippen molar-refractivity contribution >= 4 is 40.3 Å². The van der Waals surface area contributed by atoms with Crippen LogP contribution in [-0.4, -0.2) is 45.8 Å². The number of hydrogen-bond donors (Lipinski definition) is 1. The average molecular weight is 516 g/mol. The molecule has 1 N–H and O–H groups in total. The second kappa shape index (κ2) is 13.1. The number of fused-ring (bicyclic) bond motifs is 1. The quantitative estimate of drug-likeness (QED) is 0.231. The molecular formula is C27H33NO7S. The zero-order chi connectivity index (χ0) is 26.1. The van der Waals surface area contributed by atoms with E-state index in [1.807, 2.05) is 12.1 Å². The number of esters is 2. The highest BCUT2D eigenvalue weighted by Gasteiger charge is 2.38. The lowest BCUT2D eigenvalue weighted by atomic mass is 9.99. The minimum absolute atomic E-state index is 0.217. The molecule has 1 aliphatic rings. The molecule has 0 aliphatic heterocycles. The lowest BCUT2D eigenvalue weighted by molar-refractivity contribution is -0.142. The number of methoxy groups -OCH3 is 3. The number of carbonyl (C=O) groups is 3. The van der Waals surface area contributed by atoms with E-state index < -0.39 is 23.8 Å². The van der Waals surface area contributed by atoms with Gasteiger partial charge in [-0.15, -0.1) is 11.3 Å². The zero-order valence-corrected chi connectivity index (χ0v) is 22.0. The monoisotopic (exact) mass is 515 g/mol. The summed E-state index contributed by atoms with van der Waals surface area (Å²) in [4.78, 5) is 38.3.